The van der Waals surface area contributed by atoms with E-state index in [1.807, 2.05) is 24.3 Å². The standard InChI is InChI=1S/C21H12N2O/c1-4-8-18-15(5-1)20-13-11-12-23-17-7-3-2-6-16(17)22-21(23)14(13)9-10-19(20)24-18/h1-12H. The molecule has 3 aromatic heterocycles. The molecule has 0 aliphatic carbocycles. The van der Waals surface area contributed by atoms with Crippen LogP contribution in [0.4, 0.5) is 0 Å². The summed E-state index contributed by atoms with van der Waals surface area (Å²) >= 11 is 0. The fourth-order valence-electron chi connectivity index (χ4n) is 3.75. The lowest BCUT2D eigenvalue weighted by molar-refractivity contribution is 0.669. The Hall–Kier alpha value is -3.33. The summed E-state index contributed by atoms with van der Waals surface area (Å²) < 4.78 is 8.16. The Balaban J connectivity index is 1.90. The van der Waals surface area contributed by atoms with E-state index in [0.717, 1.165) is 44.0 Å². The Bertz CT molecular complexity index is 1410. The second-order valence-electron chi connectivity index (χ2n) is 6.11. The molecule has 0 radical (unpaired) electrons. The first-order valence-corrected chi connectivity index (χ1v) is 8.00. The van der Waals surface area contributed by atoms with E-state index in [9.17, 15) is 0 Å². The van der Waals surface area contributed by atoms with Gasteiger partial charge >= 0.3 is 0 Å². The van der Waals surface area contributed by atoms with Crippen LogP contribution in [0.15, 0.2) is 77.3 Å². The van der Waals surface area contributed by atoms with Crippen molar-refractivity contribution in [1.29, 1.82) is 0 Å². The van der Waals surface area contributed by atoms with Crippen LogP contribution in [0.25, 0.3) is 49.4 Å². The molecule has 0 fully saturated rings. The number of pyridine rings is 1. The number of nitrogens with zero attached hydrogens (tertiary/aromatic N) is 2. The van der Waals surface area contributed by atoms with Gasteiger partial charge in [-0.15, -0.1) is 0 Å². The molecule has 6 rings (SSSR count). The molecule has 3 aromatic carbocycles. The molecule has 0 bridgehead atoms. The molecule has 3 nitrogen and oxygen atoms in total. The summed E-state index contributed by atoms with van der Waals surface area (Å²) in [5.41, 5.74) is 4.98. The van der Waals surface area contributed by atoms with E-state index in [1.54, 1.807) is 0 Å². The molecule has 0 saturated carbocycles. The maximum absolute atomic E-state index is 6.00. The second-order valence-corrected chi connectivity index (χ2v) is 6.11. The minimum Gasteiger partial charge on any atom is -0.456 e. The third-order valence-electron chi connectivity index (χ3n) is 4.81. The Morgan fingerprint density at radius 3 is 2.58 bits per heavy atom. The molecule has 0 aliphatic heterocycles. The van der Waals surface area contributed by atoms with Crippen molar-refractivity contribution >= 4 is 49.4 Å². The van der Waals surface area contributed by atoms with Crippen LogP contribution in [-0.2, 0) is 0 Å². The highest BCUT2D eigenvalue weighted by molar-refractivity contribution is 6.21. The lowest BCUT2D eigenvalue weighted by Crippen LogP contribution is -1.86. The number of imidazole rings is 1. The summed E-state index contributed by atoms with van der Waals surface area (Å²) in [6, 6.07) is 22.8. The molecule has 0 saturated heterocycles. The van der Waals surface area contributed by atoms with Gasteiger partial charge in [0.1, 0.15) is 16.8 Å². The fourth-order valence-corrected chi connectivity index (χ4v) is 3.75. The molecule has 0 atom stereocenters. The molecular formula is C21H12N2O. The zero-order valence-electron chi connectivity index (χ0n) is 12.7. The van der Waals surface area contributed by atoms with Crippen LogP contribution < -0.4 is 0 Å². The Morgan fingerprint density at radius 1 is 0.708 bits per heavy atom. The highest BCUT2D eigenvalue weighted by atomic mass is 16.3. The van der Waals surface area contributed by atoms with Gasteiger partial charge < -0.3 is 4.42 Å². The molecule has 0 amide bonds. The first-order valence-electron chi connectivity index (χ1n) is 8.00. The maximum Gasteiger partial charge on any atom is 0.145 e. The topological polar surface area (TPSA) is 30.4 Å². The maximum atomic E-state index is 6.00. The third-order valence-corrected chi connectivity index (χ3v) is 4.81. The van der Waals surface area contributed by atoms with Crippen LogP contribution >= 0.6 is 0 Å². The Morgan fingerprint density at radius 2 is 1.58 bits per heavy atom. The van der Waals surface area contributed by atoms with E-state index >= 15 is 0 Å². The second kappa shape index (κ2) is 4.15. The van der Waals surface area contributed by atoms with Crippen LogP contribution in [0.2, 0.25) is 0 Å². The molecule has 0 unspecified atom stereocenters. The van der Waals surface area contributed by atoms with Gasteiger partial charge in [0.25, 0.3) is 0 Å². The van der Waals surface area contributed by atoms with Crippen LogP contribution in [0.1, 0.15) is 0 Å². The highest BCUT2D eigenvalue weighted by Gasteiger charge is 2.13. The van der Waals surface area contributed by atoms with Crippen LogP contribution in [0.5, 0.6) is 0 Å². The van der Waals surface area contributed by atoms with Crippen molar-refractivity contribution in [3.63, 3.8) is 0 Å². The van der Waals surface area contributed by atoms with Crippen LogP contribution in [0.3, 0.4) is 0 Å². The molecule has 0 spiro atoms. The smallest absolute Gasteiger partial charge is 0.145 e. The highest BCUT2D eigenvalue weighted by Crippen LogP contribution is 2.36. The molecule has 24 heavy (non-hydrogen) atoms. The summed E-state index contributed by atoms with van der Waals surface area (Å²) in [6.45, 7) is 0. The molecular weight excluding hydrogens is 296 g/mol. The Kier molecular flexibility index (Phi) is 2.10. The predicted octanol–water partition coefficient (Wildman–Crippen LogP) is 5.54. The first-order chi connectivity index (χ1) is 11.9. The summed E-state index contributed by atoms with van der Waals surface area (Å²) in [4.78, 5) is 4.85. The van der Waals surface area contributed by atoms with E-state index in [2.05, 4.69) is 53.1 Å². The SMILES string of the molecule is c1ccc2c(c1)nc1c3ccc4oc5ccccc5c4c3ccn21. The van der Waals surface area contributed by atoms with E-state index in [0.29, 0.717) is 0 Å². The summed E-state index contributed by atoms with van der Waals surface area (Å²) in [6.07, 6.45) is 2.11. The van der Waals surface area contributed by atoms with Crippen molar-refractivity contribution in [2.45, 2.75) is 0 Å². The molecule has 3 heteroatoms. The van der Waals surface area contributed by atoms with Crippen molar-refractivity contribution in [3.05, 3.63) is 72.9 Å². The van der Waals surface area contributed by atoms with Gasteiger partial charge in [0.05, 0.1) is 11.0 Å². The molecule has 3 heterocycles. The first kappa shape index (κ1) is 12.1. The van der Waals surface area contributed by atoms with Crippen LogP contribution in [0, 0.1) is 0 Å². The minimum atomic E-state index is 0.921. The quantitative estimate of drug-likeness (QED) is 0.369. The van der Waals surface area contributed by atoms with Gasteiger partial charge in [-0.25, -0.2) is 4.98 Å². The zero-order valence-corrected chi connectivity index (χ0v) is 12.7. The fraction of sp³-hybridized carbons (Fsp3) is 0. The number of benzene rings is 3. The number of hydrogen-bond acceptors (Lipinski definition) is 2. The zero-order chi connectivity index (χ0) is 15.7. The molecule has 0 aliphatic rings. The van der Waals surface area contributed by atoms with E-state index in [4.69, 9.17) is 9.40 Å². The van der Waals surface area contributed by atoms with Gasteiger partial charge in [-0.3, -0.25) is 4.40 Å². The lowest BCUT2D eigenvalue weighted by atomic mass is 10.1. The molecule has 0 N–H and O–H groups in total. The number of hydrogen-bond donors (Lipinski definition) is 0. The van der Waals surface area contributed by atoms with Gasteiger partial charge in [0, 0.05) is 22.4 Å². The monoisotopic (exact) mass is 308 g/mol. The summed E-state index contributed by atoms with van der Waals surface area (Å²) in [5.74, 6) is 0. The van der Waals surface area contributed by atoms with E-state index in [-0.39, 0.29) is 0 Å². The number of para-hydroxylation sites is 3. The molecule has 6 aromatic rings. The van der Waals surface area contributed by atoms with Crippen molar-refractivity contribution < 1.29 is 4.42 Å². The van der Waals surface area contributed by atoms with Gasteiger partial charge in [-0.2, -0.15) is 0 Å². The third kappa shape index (κ3) is 1.39. The van der Waals surface area contributed by atoms with E-state index < -0.39 is 0 Å². The number of rotatable bonds is 0. The van der Waals surface area contributed by atoms with Gasteiger partial charge in [-0.1, -0.05) is 30.3 Å². The Labute approximate surface area is 136 Å². The average Bonchev–Trinajstić information content (AvgIpc) is 3.19. The predicted molar refractivity (Wildman–Crippen MR) is 97.5 cm³/mol. The van der Waals surface area contributed by atoms with Gasteiger partial charge in [0.2, 0.25) is 0 Å². The van der Waals surface area contributed by atoms with Crippen LogP contribution in [-0.4, -0.2) is 9.38 Å². The lowest BCUT2D eigenvalue weighted by Gasteiger charge is -2.02. The van der Waals surface area contributed by atoms with Crippen molar-refractivity contribution in [2.75, 3.05) is 0 Å². The average molecular weight is 308 g/mol. The summed E-state index contributed by atoms with van der Waals surface area (Å²) in [5, 5.41) is 4.64. The minimum absolute atomic E-state index is 0.921. The number of aromatic nitrogens is 2. The largest absolute Gasteiger partial charge is 0.456 e. The number of furan rings is 1. The number of fused-ring (bicyclic) bond motifs is 9. The van der Waals surface area contributed by atoms with Gasteiger partial charge in [0.15, 0.2) is 0 Å². The van der Waals surface area contributed by atoms with Gasteiger partial charge in [-0.05, 0) is 41.8 Å². The normalized spacial score (nSPS) is 12.2. The molecule has 112 valence electrons. The summed E-state index contributed by atoms with van der Waals surface area (Å²) in [7, 11) is 0. The van der Waals surface area contributed by atoms with Crippen molar-refractivity contribution in [1.82, 2.24) is 9.38 Å². The van der Waals surface area contributed by atoms with E-state index in [1.165, 1.54) is 5.39 Å². The van der Waals surface area contributed by atoms with Crippen molar-refractivity contribution in [2.24, 2.45) is 0 Å². The van der Waals surface area contributed by atoms with Crippen molar-refractivity contribution in [3.8, 4) is 0 Å².